The molecule has 5 nitrogen and oxygen atoms in total. The van der Waals surface area contributed by atoms with E-state index in [0.29, 0.717) is 13.2 Å². The van der Waals surface area contributed by atoms with Crippen molar-refractivity contribution in [2.75, 3.05) is 13.2 Å². The van der Waals surface area contributed by atoms with Gasteiger partial charge in [-0.2, -0.15) is 0 Å². The highest BCUT2D eigenvalue weighted by Gasteiger charge is 2.43. The van der Waals surface area contributed by atoms with Crippen molar-refractivity contribution in [1.82, 2.24) is 10.2 Å². The first-order valence-corrected chi connectivity index (χ1v) is 5.10. The zero-order chi connectivity index (χ0) is 11.6. The van der Waals surface area contributed by atoms with Crippen molar-refractivity contribution < 1.29 is 14.3 Å². The molecule has 0 aromatic carbocycles. The molecule has 0 atom stereocenters. The Kier molecular flexibility index (Phi) is 3.34. The molecule has 0 aromatic heterocycles. The Morgan fingerprint density at radius 1 is 1.40 bits per heavy atom. The molecule has 1 aliphatic heterocycles. The summed E-state index contributed by atoms with van der Waals surface area (Å²) in [5, 5.41) is 2.61. The predicted octanol–water partition coefficient (Wildman–Crippen LogP) is 0.742. The van der Waals surface area contributed by atoms with Crippen molar-refractivity contribution in [3.63, 3.8) is 0 Å². The smallest absolute Gasteiger partial charge is 0.325 e. The summed E-state index contributed by atoms with van der Waals surface area (Å²) in [6, 6.07) is -0.336. The van der Waals surface area contributed by atoms with Gasteiger partial charge in [0.15, 0.2) is 0 Å². The van der Waals surface area contributed by atoms with Gasteiger partial charge in [0.25, 0.3) is 5.91 Å². The third-order valence-electron chi connectivity index (χ3n) is 2.21. The van der Waals surface area contributed by atoms with Crippen molar-refractivity contribution in [2.24, 2.45) is 0 Å². The standard InChI is InChI=1S/C10H18N2O3/c1-7(2)15-6-5-12-8(13)10(3,4)11-9(12)14/h7H,5-6H2,1-4H3,(H,11,14). The normalized spacial score (nSPS) is 19.9. The molecular formula is C10H18N2O3. The lowest BCUT2D eigenvalue weighted by Crippen LogP contribution is -2.40. The maximum absolute atomic E-state index is 11.7. The Bertz CT molecular complexity index is 274. The number of urea groups is 1. The van der Waals surface area contributed by atoms with E-state index in [1.807, 2.05) is 13.8 Å². The number of rotatable bonds is 4. The van der Waals surface area contributed by atoms with E-state index in [9.17, 15) is 9.59 Å². The van der Waals surface area contributed by atoms with E-state index >= 15 is 0 Å². The Labute approximate surface area is 89.8 Å². The molecule has 1 N–H and O–H groups in total. The van der Waals surface area contributed by atoms with Crippen molar-refractivity contribution in [1.29, 1.82) is 0 Å². The van der Waals surface area contributed by atoms with Gasteiger partial charge in [-0.1, -0.05) is 0 Å². The molecular weight excluding hydrogens is 196 g/mol. The molecule has 86 valence electrons. The molecule has 0 spiro atoms. The Morgan fingerprint density at radius 3 is 2.40 bits per heavy atom. The molecule has 0 unspecified atom stereocenters. The third kappa shape index (κ3) is 2.68. The Morgan fingerprint density at radius 2 is 2.00 bits per heavy atom. The average molecular weight is 214 g/mol. The minimum Gasteiger partial charge on any atom is -0.377 e. The zero-order valence-electron chi connectivity index (χ0n) is 9.66. The second-order valence-electron chi connectivity index (χ2n) is 4.43. The van der Waals surface area contributed by atoms with Crippen LogP contribution >= 0.6 is 0 Å². The predicted molar refractivity (Wildman–Crippen MR) is 55.4 cm³/mol. The van der Waals surface area contributed by atoms with Gasteiger partial charge in [0.05, 0.1) is 19.3 Å². The van der Waals surface area contributed by atoms with Crippen LogP contribution in [-0.2, 0) is 9.53 Å². The van der Waals surface area contributed by atoms with Crippen LogP contribution in [0.4, 0.5) is 4.79 Å². The van der Waals surface area contributed by atoms with Gasteiger partial charge >= 0.3 is 6.03 Å². The lowest BCUT2D eigenvalue weighted by molar-refractivity contribution is -0.130. The maximum atomic E-state index is 11.7. The number of nitrogens with one attached hydrogen (secondary N) is 1. The molecule has 0 radical (unpaired) electrons. The van der Waals surface area contributed by atoms with Crippen LogP contribution in [0.2, 0.25) is 0 Å². The molecule has 1 rings (SSSR count). The number of amides is 3. The van der Waals surface area contributed by atoms with Gasteiger partial charge in [-0.15, -0.1) is 0 Å². The summed E-state index contributed by atoms with van der Waals surface area (Å²) in [5.74, 6) is -0.195. The molecule has 0 saturated carbocycles. The molecule has 1 saturated heterocycles. The van der Waals surface area contributed by atoms with Crippen molar-refractivity contribution in [3.8, 4) is 0 Å². The molecule has 1 fully saturated rings. The van der Waals surface area contributed by atoms with Crippen molar-refractivity contribution in [2.45, 2.75) is 39.3 Å². The monoisotopic (exact) mass is 214 g/mol. The number of ether oxygens (including phenoxy) is 1. The van der Waals surface area contributed by atoms with E-state index in [2.05, 4.69) is 5.32 Å². The summed E-state index contributed by atoms with van der Waals surface area (Å²) in [6.07, 6.45) is 0.110. The highest BCUT2D eigenvalue weighted by Crippen LogP contribution is 2.15. The number of hydrogen-bond donors (Lipinski definition) is 1. The highest BCUT2D eigenvalue weighted by atomic mass is 16.5. The van der Waals surface area contributed by atoms with E-state index in [-0.39, 0.29) is 18.0 Å². The first-order valence-electron chi connectivity index (χ1n) is 5.10. The molecule has 0 aliphatic carbocycles. The number of nitrogens with zero attached hydrogens (tertiary/aromatic N) is 1. The van der Waals surface area contributed by atoms with E-state index in [1.165, 1.54) is 4.90 Å². The number of carbonyl (C=O) groups excluding carboxylic acids is 2. The average Bonchev–Trinajstić information content (AvgIpc) is 2.26. The van der Waals surface area contributed by atoms with E-state index < -0.39 is 5.54 Å². The Hall–Kier alpha value is -1.10. The molecule has 5 heteroatoms. The van der Waals surface area contributed by atoms with Crippen molar-refractivity contribution in [3.05, 3.63) is 0 Å². The third-order valence-corrected chi connectivity index (χ3v) is 2.21. The van der Waals surface area contributed by atoms with Gasteiger partial charge in [0, 0.05) is 0 Å². The van der Waals surface area contributed by atoms with Gasteiger partial charge in [-0.25, -0.2) is 4.79 Å². The van der Waals surface area contributed by atoms with E-state index in [0.717, 1.165) is 0 Å². The summed E-state index contributed by atoms with van der Waals surface area (Å²) < 4.78 is 5.29. The van der Waals surface area contributed by atoms with Crippen LogP contribution < -0.4 is 5.32 Å². The number of imide groups is 1. The second kappa shape index (κ2) is 4.18. The summed E-state index contributed by atoms with van der Waals surface area (Å²) in [4.78, 5) is 24.3. The largest absolute Gasteiger partial charge is 0.377 e. The molecule has 0 aromatic rings. The van der Waals surface area contributed by atoms with Crippen LogP contribution in [0.25, 0.3) is 0 Å². The first-order chi connectivity index (χ1) is 6.84. The maximum Gasteiger partial charge on any atom is 0.325 e. The van der Waals surface area contributed by atoms with Crippen molar-refractivity contribution >= 4 is 11.9 Å². The number of carbonyl (C=O) groups is 2. The highest BCUT2D eigenvalue weighted by molar-refractivity contribution is 6.06. The van der Waals surface area contributed by atoms with Crippen LogP contribution in [0, 0.1) is 0 Å². The van der Waals surface area contributed by atoms with Crippen LogP contribution in [0.3, 0.4) is 0 Å². The van der Waals surface area contributed by atoms with Gasteiger partial charge in [-0.05, 0) is 27.7 Å². The summed E-state index contributed by atoms with van der Waals surface area (Å²) in [7, 11) is 0. The van der Waals surface area contributed by atoms with Gasteiger partial charge in [-0.3, -0.25) is 9.69 Å². The fourth-order valence-electron chi connectivity index (χ4n) is 1.40. The van der Waals surface area contributed by atoms with Gasteiger partial charge in [0.1, 0.15) is 5.54 Å². The second-order valence-corrected chi connectivity index (χ2v) is 4.43. The van der Waals surface area contributed by atoms with Crippen LogP contribution in [0.15, 0.2) is 0 Å². The topological polar surface area (TPSA) is 58.6 Å². The fourth-order valence-corrected chi connectivity index (χ4v) is 1.40. The summed E-state index contributed by atoms with van der Waals surface area (Å²) in [5.41, 5.74) is -0.783. The van der Waals surface area contributed by atoms with Crippen LogP contribution in [-0.4, -0.2) is 41.6 Å². The fraction of sp³-hybridized carbons (Fsp3) is 0.800. The molecule has 3 amide bonds. The lowest BCUT2D eigenvalue weighted by Gasteiger charge is -2.16. The summed E-state index contributed by atoms with van der Waals surface area (Å²) >= 11 is 0. The number of hydrogen-bond acceptors (Lipinski definition) is 3. The molecule has 1 heterocycles. The minimum absolute atomic E-state index is 0.110. The molecule has 1 aliphatic rings. The van der Waals surface area contributed by atoms with Gasteiger partial charge in [0.2, 0.25) is 0 Å². The zero-order valence-corrected chi connectivity index (χ0v) is 9.66. The SMILES string of the molecule is CC(C)OCCN1C(=O)NC(C)(C)C1=O. The van der Waals surface area contributed by atoms with Crippen LogP contribution in [0.5, 0.6) is 0 Å². The quantitative estimate of drug-likeness (QED) is 0.702. The van der Waals surface area contributed by atoms with Gasteiger partial charge < -0.3 is 10.1 Å². The lowest BCUT2D eigenvalue weighted by atomic mass is 10.1. The molecule has 15 heavy (non-hydrogen) atoms. The molecule has 0 bridgehead atoms. The van der Waals surface area contributed by atoms with E-state index in [1.54, 1.807) is 13.8 Å². The van der Waals surface area contributed by atoms with E-state index in [4.69, 9.17) is 4.74 Å². The minimum atomic E-state index is -0.783. The summed E-state index contributed by atoms with van der Waals surface area (Å²) in [6.45, 7) is 7.90. The van der Waals surface area contributed by atoms with Crippen LogP contribution in [0.1, 0.15) is 27.7 Å². The Balaban J connectivity index is 2.49. The first kappa shape index (κ1) is 12.0.